The fourth-order valence-electron chi connectivity index (χ4n) is 4.48. The fourth-order valence-corrected chi connectivity index (χ4v) is 6.53. The van der Waals surface area contributed by atoms with Gasteiger partial charge in [-0.25, -0.2) is 4.39 Å². The maximum absolute atomic E-state index is 14.1. The second-order valence-electron chi connectivity index (χ2n) is 8.81. The van der Waals surface area contributed by atoms with Crippen molar-refractivity contribution in [2.75, 3.05) is 18.1 Å². The number of ether oxygens (including phenoxy) is 2. The number of aliphatic hydroxyl groups excluding tert-OH is 1. The number of fused-ring (bicyclic) bond motifs is 1. The first-order valence-electron chi connectivity index (χ1n) is 12.1. The highest BCUT2D eigenvalue weighted by Gasteiger charge is 2.48. The van der Waals surface area contributed by atoms with Gasteiger partial charge >= 0.3 is 5.91 Å². The fraction of sp³-hybridized carbons (Fsp3) is 0.143. The minimum Gasteiger partial charge on any atom is -0.507 e. The summed E-state index contributed by atoms with van der Waals surface area (Å²) in [6.45, 7) is 0.749. The summed E-state index contributed by atoms with van der Waals surface area (Å²) in [5.74, 6) is -1.21. The normalized spacial score (nSPS) is 17.9. The molecule has 12 heteroatoms. The quantitative estimate of drug-likeness (QED) is 0.0949. The zero-order valence-corrected chi connectivity index (χ0v) is 22.9. The Hall–Kier alpha value is -3.93. The van der Waals surface area contributed by atoms with Crippen molar-refractivity contribution in [3.8, 4) is 11.5 Å². The highest BCUT2D eigenvalue weighted by atomic mass is 35.5. The number of hydrogen-bond donors (Lipinski definition) is 1. The lowest BCUT2D eigenvalue weighted by Gasteiger charge is -2.23. The summed E-state index contributed by atoms with van der Waals surface area (Å²) in [4.78, 5) is 28.1. The molecule has 1 fully saturated rings. The summed E-state index contributed by atoms with van der Waals surface area (Å²) in [5, 5.41) is 20.3. The van der Waals surface area contributed by atoms with Crippen LogP contribution in [0, 0.1) is 5.82 Å². The first-order valence-corrected chi connectivity index (χ1v) is 14.2. The average Bonchev–Trinajstić information content (AvgIpc) is 3.54. The number of aromatic nitrogens is 2. The van der Waals surface area contributed by atoms with Crippen molar-refractivity contribution in [3.63, 3.8) is 0 Å². The van der Waals surface area contributed by atoms with E-state index in [2.05, 4.69) is 10.2 Å². The van der Waals surface area contributed by atoms with Gasteiger partial charge in [-0.15, -0.1) is 10.2 Å². The van der Waals surface area contributed by atoms with Crippen molar-refractivity contribution in [2.45, 2.75) is 16.1 Å². The molecule has 0 unspecified atom stereocenters. The number of ketones is 1. The molecular weight excluding hydrogens is 577 g/mol. The largest absolute Gasteiger partial charge is 0.507 e. The third kappa shape index (κ3) is 4.91. The van der Waals surface area contributed by atoms with Gasteiger partial charge in [0.25, 0.3) is 5.78 Å². The molecule has 1 amide bonds. The molecule has 0 saturated carbocycles. The lowest BCUT2D eigenvalue weighted by atomic mass is 9.95. The molecule has 2 aliphatic heterocycles. The van der Waals surface area contributed by atoms with Crippen LogP contribution in [0.1, 0.15) is 22.7 Å². The smallest absolute Gasteiger partial charge is 0.301 e. The summed E-state index contributed by atoms with van der Waals surface area (Å²) < 4.78 is 25.7. The van der Waals surface area contributed by atoms with Gasteiger partial charge in [0.15, 0.2) is 15.8 Å². The zero-order valence-electron chi connectivity index (χ0n) is 20.5. The van der Waals surface area contributed by atoms with Crippen LogP contribution in [-0.2, 0) is 15.3 Å². The summed E-state index contributed by atoms with van der Waals surface area (Å²) in [5.41, 5.74) is 1.16. The standard InChI is InChI=1S/C28H19ClFN3O5S2/c29-18-6-3-5-15(12-18)23-22(24(34)16-8-9-20-21(13-16)38-11-10-37-20)25(35)26(36)33(23)27-31-32-28(40-27)39-14-17-4-1-2-7-19(17)30/h1-9,12-13,23,34H,10-11,14H2/b24-22+/t23-/m0/s1. The van der Waals surface area contributed by atoms with Crippen LogP contribution >= 0.6 is 34.7 Å². The maximum Gasteiger partial charge on any atom is 0.301 e. The Morgan fingerprint density at radius 3 is 2.65 bits per heavy atom. The molecule has 3 aromatic carbocycles. The Balaban J connectivity index is 1.39. The maximum atomic E-state index is 14.1. The number of amides is 1. The van der Waals surface area contributed by atoms with Crippen molar-refractivity contribution in [1.29, 1.82) is 0 Å². The number of rotatable bonds is 6. The Kier molecular flexibility index (Phi) is 7.18. The Bertz CT molecular complexity index is 1680. The van der Waals surface area contributed by atoms with Gasteiger partial charge in [0, 0.05) is 16.3 Å². The number of aliphatic hydroxyl groups is 1. The predicted molar refractivity (Wildman–Crippen MR) is 150 cm³/mol. The molecule has 0 spiro atoms. The highest BCUT2D eigenvalue weighted by molar-refractivity contribution is 8.00. The molecule has 1 saturated heterocycles. The first kappa shape index (κ1) is 26.3. The second-order valence-corrected chi connectivity index (χ2v) is 11.4. The minimum atomic E-state index is -1.02. The van der Waals surface area contributed by atoms with E-state index < -0.39 is 17.7 Å². The number of nitrogens with zero attached hydrogens (tertiary/aromatic N) is 3. The van der Waals surface area contributed by atoms with E-state index in [1.807, 2.05) is 0 Å². The number of Topliss-reactive ketones (excluding diaryl/α,β-unsaturated/α-hetero) is 1. The summed E-state index contributed by atoms with van der Waals surface area (Å²) in [7, 11) is 0. The van der Waals surface area contributed by atoms with E-state index in [1.54, 1.807) is 60.7 Å². The lowest BCUT2D eigenvalue weighted by molar-refractivity contribution is -0.132. The van der Waals surface area contributed by atoms with Crippen LogP contribution in [-0.4, -0.2) is 40.2 Å². The molecule has 0 aliphatic carbocycles. The van der Waals surface area contributed by atoms with Crippen LogP contribution in [0.25, 0.3) is 5.76 Å². The van der Waals surface area contributed by atoms with Crippen LogP contribution in [0.15, 0.2) is 76.6 Å². The first-order chi connectivity index (χ1) is 19.4. The molecule has 3 heterocycles. The van der Waals surface area contributed by atoms with Gasteiger partial charge in [0.1, 0.15) is 24.8 Å². The number of carbonyl (C=O) groups is 2. The van der Waals surface area contributed by atoms with Crippen molar-refractivity contribution in [1.82, 2.24) is 10.2 Å². The minimum absolute atomic E-state index is 0.125. The molecule has 8 nitrogen and oxygen atoms in total. The SMILES string of the molecule is O=C1C(=O)N(c2nnc(SCc3ccccc3F)s2)[C@@H](c2cccc(Cl)c2)/C1=C(\O)c1ccc2c(c1)OCCO2. The van der Waals surface area contributed by atoms with Crippen LogP contribution in [0.3, 0.4) is 0 Å². The molecule has 2 aliphatic rings. The van der Waals surface area contributed by atoms with Crippen LogP contribution in [0.4, 0.5) is 9.52 Å². The molecule has 4 aromatic rings. The summed E-state index contributed by atoms with van der Waals surface area (Å²) in [6.07, 6.45) is 0. The molecule has 1 aromatic heterocycles. The number of thioether (sulfide) groups is 1. The monoisotopic (exact) mass is 595 g/mol. The van der Waals surface area contributed by atoms with E-state index in [0.29, 0.717) is 51.0 Å². The molecule has 1 N–H and O–H groups in total. The van der Waals surface area contributed by atoms with E-state index in [4.69, 9.17) is 21.1 Å². The molecule has 6 rings (SSSR count). The van der Waals surface area contributed by atoms with Crippen molar-refractivity contribution in [2.24, 2.45) is 0 Å². The third-order valence-electron chi connectivity index (χ3n) is 6.34. The van der Waals surface area contributed by atoms with E-state index >= 15 is 0 Å². The van der Waals surface area contributed by atoms with Crippen molar-refractivity contribution in [3.05, 3.63) is 99.8 Å². The van der Waals surface area contributed by atoms with Crippen molar-refractivity contribution >= 4 is 57.3 Å². The number of hydrogen-bond acceptors (Lipinski definition) is 9. The van der Waals surface area contributed by atoms with Gasteiger partial charge in [-0.1, -0.05) is 65.0 Å². The number of carbonyl (C=O) groups excluding carboxylic acids is 2. The number of halogens is 2. The van der Waals surface area contributed by atoms with E-state index in [0.717, 1.165) is 11.3 Å². The highest BCUT2D eigenvalue weighted by Crippen LogP contribution is 2.45. The Morgan fingerprint density at radius 1 is 1.05 bits per heavy atom. The Morgan fingerprint density at radius 2 is 1.85 bits per heavy atom. The molecule has 0 bridgehead atoms. The number of anilines is 1. The average molecular weight is 596 g/mol. The second kappa shape index (κ2) is 10.9. The number of benzene rings is 3. The third-order valence-corrected chi connectivity index (χ3v) is 8.68. The van der Waals surface area contributed by atoms with E-state index in [-0.39, 0.29) is 27.8 Å². The van der Waals surface area contributed by atoms with Crippen LogP contribution in [0.5, 0.6) is 11.5 Å². The topological polar surface area (TPSA) is 102 Å². The molecule has 202 valence electrons. The van der Waals surface area contributed by atoms with Gasteiger partial charge in [0.05, 0.1) is 11.6 Å². The van der Waals surface area contributed by atoms with Gasteiger partial charge < -0.3 is 14.6 Å². The van der Waals surface area contributed by atoms with Gasteiger partial charge in [-0.3, -0.25) is 14.5 Å². The van der Waals surface area contributed by atoms with Gasteiger partial charge in [-0.05, 0) is 47.5 Å². The van der Waals surface area contributed by atoms with Gasteiger partial charge in [-0.2, -0.15) is 0 Å². The molecule has 0 radical (unpaired) electrons. The van der Waals surface area contributed by atoms with E-state index in [1.165, 1.54) is 22.7 Å². The Labute approximate surface area is 241 Å². The molecular formula is C28H19ClFN3O5S2. The summed E-state index contributed by atoms with van der Waals surface area (Å²) >= 11 is 8.62. The van der Waals surface area contributed by atoms with Crippen molar-refractivity contribution < 1.29 is 28.6 Å². The van der Waals surface area contributed by atoms with Gasteiger partial charge in [0.2, 0.25) is 5.13 Å². The predicted octanol–water partition coefficient (Wildman–Crippen LogP) is 6.02. The lowest BCUT2D eigenvalue weighted by Crippen LogP contribution is -2.29. The van der Waals surface area contributed by atoms with E-state index in [9.17, 15) is 19.1 Å². The molecule has 1 atom stereocenters. The molecule has 40 heavy (non-hydrogen) atoms. The van der Waals surface area contributed by atoms with Crippen LogP contribution in [0.2, 0.25) is 5.02 Å². The van der Waals surface area contributed by atoms with Crippen LogP contribution < -0.4 is 14.4 Å². The zero-order chi connectivity index (χ0) is 27.8. The summed E-state index contributed by atoms with van der Waals surface area (Å²) in [6, 6.07) is 16.9.